The third-order valence-electron chi connectivity index (χ3n) is 4.80. The van der Waals surface area contributed by atoms with E-state index in [4.69, 9.17) is 18.0 Å². The molecule has 0 aliphatic heterocycles. The van der Waals surface area contributed by atoms with Crippen molar-refractivity contribution >= 4 is 17.3 Å². The molecule has 0 spiro atoms. The Hall–Kier alpha value is -0.310. The van der Waals surface area contributed by atoms with Gasteiger partial charge in [-0.15, -0.1) is 0 Å². The van der Waals surface area contributed by atoms with Crippen molar-refractivity contribution in [3.63, 3.8) is 0 Å². The molecular weight excluding hydrogens is 204 g/mol. The molecule has 4 rings (SSSR count). The highest BCUT2D eigenvalue weighted by atomic mass is 32.1. The van der Waals surface area contributed by atoms with Gasteiger partial charge in [0.1, 0.15) is 0 Å². The average molecular weight is 224 g/mol. The van der Waals surface area contributed by atoms with Gasteiger partial charge in [0.2, 0.25) is 0 Å². The molecule has 0 amide bonds. The van der Waals surface area contributed by atoms with Gasteiger partial charge in [0.25, 0.3) is 0 Å². The van der Waals surface area contributed by atoms with E-state index in [2.05, 4.69) is 5.32 Å². The van der Waals surface area contributed by atoms with E-state index >= 15 is 0 Å². The van der Waals surface area contributed by atoms with Gasteiger partial charge >= 0.3 is 0 Å². The van der Waals surface area contributed by atoms with Gasteiger partial charge in [-0.1, -0.05) is 0 Å². The van der Waals surface area contributed by atoms with Crippen molar-refractivity contribution in [1.82, 2.24) is 5.32 Å². The van der Waals surface area contributed by atoms with Gasteiger partial charge in [-0.25, -0.2) is 0 Å². The van der Waals surface area contributed by atoms with Crippen LogP contribution in [0.1, 0.15) is 38.5 Å². The van der Waals surface area contributed by atoms with Crippen LogP contribution < -0.4 is 11.1 Å². The predicted octanol–water partition coefficient (Wildman–Crippen LogP) is 2.04. The first-order valence-electron chi connectivity index (χ1n) is 6.18. The quantitative estimate of drug-likeness (QED) is 0.705. The fraction of sp³-hybridized carbons (Fsp3) is 0.917. The second-order valence-corrected chi connectivity index (χ2v) is 6.58. The van der Waals surface area contributed by atoms with E-state index in [0.29, 0.717) is 10.5 Å². The summed E-state index contributed by atoms with van der Waals surface area (Å²) in [5.41, 5.74) is 6.10. The SMILES string of the molecule is NC(=S)NCC12CC3CC(CC(C3)C1)C2. The fourth-order valence-corrected chi connectivity index (χ4v) is 4.85. The van der Waals surface area contributed by atoms with Crippen LogP contribution in [0.25, 0.3) is 0 Å². The van der Waals surface area contributed by atoms with Crippen molar-refractivity contribution in [2.24, 2.45) is 28.9 Å². The van der Waals surface area contributed by atoms with Crippen LogP contribution in [0.3, 0.4) is 0 Å². The maximum Gasteiger partial charge on any atom is 0.163 e. The first-order chi connectivity index (χ1) is 7.15. The van der Waals surface area contributed by atoms with E-state index < -0.39 is 0 Å². The second-order valence-electron chi connectivity index (χ2n) is 6.14. The molecule has 0 aromatic carbocycles. The molecule has 4 aliphatic rings. The first kappa shape index (κ1) is 9.88. The summed E-state index contributed by atoms with van der Waals surface area (Å²) in [6.07, 6.45) is 8.79. The third kappa shape index (κ3) is 1.75. The molecule has 0 heterocycles. The summed E-state index contributed by atoms with van der Waals surface area (Å²) in [6, 6.07) is 0. The Labute approximate surface area is 97.0 Å². The van der Waals surface area contributed by atoms with Crippen LogP contribution in [0, 0.1) is 23.2 Å². The summed E-state index contributed by atoms with van der Waals surface area (Å²) >= 11 is 4.92. The summed E-state index contributed by atoms with van der Waals surface area (Å²) < 4.78 is 0. The monoisotopic (exact) mass is 224 g/mol. The number of hydrogen-bond acceptors (Lipinski definition) is 1. The minimum Gasteiger partial charge on any atom is -0.376 e. The third-order valence-corrected chi connectivity index (χ3v) is 4.95. The molecule has 15 heavy (non-hydrogen) atoms. The topological polar surface area (TPSA) is 38.0 Å². The summed E-state index contributed by atoms with van der Waals surface area (Å²) in [7, 11) is 0. The standard InChI is InChI=1S/C12H20N2S/c13-11(15)14-7-12-4-8-1-9(5-12)3-10(2-8)6-12/h8-10H,1-7H2,(H3,13,14,15). The van der Waals surface area contributed by atoms with Crippen molar-refractivity contribution in [2.45, 2.75) is 38.5 Å². The molecule has 3 N–H and O–H groups in total. The number of rotatable bonds is 2. The van der Waals surface area contributed by atoms with E-state index in [0.717, 1.165) is 24.3 Å². The zero-order chi connectivity index (χ0) is 10.5. The van der Waals surface area contributed by atoms with E-state index in [1.54, 1.807) is 0 Å². The van der Waals surface area contributed by atoms with E-state index in [-0.39, 0.29) is 0 Å². The molecule has 0 atom stereocenters. The van der Waals surface area contributed by atoms with Crippen molar-refractivity contribution in [3.8, 4) is 0 Å². The largest absolute Gasteiger partial charge is 0.376 e. The highest BCUT2D eigenvalue weighted by Crippen LogP contribution is 2.59. The molecule has 0 saturated heterocycles. The Morgan fingerprint density at radius 1 is 1.13 bits per heavy atom. The normalized spacial score (nSPS) is 46.8. The molecule has 4 aliphatic carbocycles. The molecule has 84 valence electrons. The average Bonchev–Trinajstić information content (AvgIpc) is 2.12. The van der Waals surface area contributed by atoms with Crippen LogP contribution in [0.4, 0.5) is 0 Å². The molecule has 0 aromatic heterocycles. The lowest BCUT2D eigenvalue weighted by molar-refractivity contribution is -0.0490. The van der Waals surface area contributed by atoms with Crippen molar-refractivity contribution in [2.75, 3.05) is 6.54 Å². The molecule has 0 aromatic rings. The molecule has 3 heteroatoms. The van der Waals surface area contributed by atoms with E-state index in [9.17, 15) is 0 Å². The van der Waals surface area contributed by atoms with Crippen LogP contribution in [0.15, 0.2) is 0 Å². The molecule has 0 radical (unpaired) electrons. The zero-order valence-corrected chi connectivity index (χ0v) is 9.98. The fourth-order valence-electron chi connectivity index (χ4n) is 4.78. The lowest BCUT2D eigenvalue weighted by Crippen LogP contribution is -2.51. The molecule has 4 fully saturated rings. The Balaban J connectivity index is 1.72. The predicted molar refractivity (Wildman–Crippen MR) is 65.4 cm³/mol. The van der Waals surface area contributed by atoms with Gasteiger partial charge in [-0.05, 0) is 73.9 Å². The highest BCUT2D eigenvalue weighted by molar-refractivity contribution is 7.80. The smallest absolute Gasteiger partial charge is 0.163 e. The number of nitrogens with one attached hydrogen (secondary N) is 1. The van der Waals surface area contributed by atoms with Crippen molar-refractivity contribution < 1.29 is 0 Å². The van der Waals surface area contributed by atoms with Crippen LogP contribution in [0.5, 0.6) is 0 Å². The van der Waals surface area contributed by atoms with Crippen LogP contribution in [0.2, 0.25) is 0 Å². The molecule has 4 saturated carbocycles. The Morgan fingerprint density at radius 3 is 2.00 bits per heavy atom. The Kier molecular flexibility index (Phi) is 2.20. The Bertz CT molecular complexity index is 252. The highest BCUT2D eigenvalue weighted by Gasteiger charge is 2.50. The number of nitrogens with two attached hydrogens (primary N) is 1. The molecule has 0 unspecified atom stereocenters. The van der Waals surface area contributed by atoms with Gasteiger partial charge in [0, 0.05) is 6.54 Å². The maximum atomic E-state index is 5.54. The lowest BCUT2D eigenvalue weighted by atomic mass is 9.49. The van der Waals surface area contributed by atoms with E-state index in [1.165, 1.54) is 38.5 Å². The molecule has 4 bridgehead atoms. The van der Waals surface area contributed by atoms with Gasteiger partial charge in [0.15, 0.2) is 5.11 Å². The van der Waals surface area contributed by atoms with Crippen LogP contribution >= 0.6 is 12.2 Å². The van der Waals surface area contributed by atoms with Gasteiger partial charge in [-0.2, -0.15) is 0 Å². The maximum absolute atomic E-state index is 5.54. The van der Waals surface area contributed by atoms with Gasteiger partial charge < -0.3 is 11.1 Å². The van der Waals surface area contributed by atoms with Gasteiger partial charge in [0.05, 0.1) is 0 Å². The first-order valence-corrected chi connectivity index (χ1v) is 6.59. The van der Waals surface area contributed by atoms with Crippen LogP contribution in [-0.4, -0.2) is 11.7 Å². The van der Waals surface area contributed by atoms with E-state index in [1.807, 2.05) is 0 Å². The minimum absolute atomic E-state index is 0.478. The molecule has 2 nitrogen and oxygen atoms in total. The summed E-state index contributed by atoms with van der Waals surface area (Å²) in [5, 5.41) is 3.69. The summed E-state index contributed by atoms with van der Waals surface area (Å²) in [5.74, 6) is 3.05. The number of hydrogen-bond donors (Lipinski definition) is 2. The minimum atomic E-state index is 0.478. The summed E-state index contributed by atoms with van der Waals surface area (Å²) in [4.78, 5) is 0. The van der Waals surface area contributed by atoms with Crippen LogP contribution in [-0.2, 0) is 0 Å². The molecular formula is C12H20N2S. The summed E-state index contributed by atoms with van der Waals surface area (Å²) in [6.45, 7) is 1.03. The number of thiocarbonyl (C=S) groups is 1. The zero-order valence-electron chi connectivity index (χ0n) is 9.17. The van der Waals surface area contributed by atoms with Crippen molar-refractivity contribution in [1.29, 1.82) is 0 Å². The lowest BCUT2D eigenvalue weighted by Gasteiger charge is -2.57. The Morgan fingerprint density at radius 2 is 1.60 bits per heavy atom. The van der Waals surface area contributed by atoms with Gasteiger partial charge in [-0.3, -0.25) is 0 Å². The second kappa shape index (κ2) is 3.34. The van der Waals surface area contributed by atoms with Crippen molar-refractivity contribution in [3.05, 3.63) is 0 Å².